The van der Waals surface area contributed by atoms with Gasteiger partial charge in [-0.25, -0.2) is 4.98 Å². The first kappa shape index (κ1) is 13.5. The third-order valence-corrected chi connectivity index (χ3v) is 4.78. The molecular formula is C15H13BrN2OS. The maximum Gasteiger partial charge on any atom is 0.260 e. The predicted molar refractivity (Wildman–Crippen MR) is 87.5 cm³/mol. The van der Waals surface area contributed by atoms with Crippen LogP contribution in [-0.2, 0) is 6.42 Å². The number of hydrogen-bond acceptors (Lipinski definition) is 3. The van der Waals surface area contributed by atoms with Crippen molar-refractivity contribution in [2.75, 3.05) is 0 Å². The van der Waals surface area contributed by atoms with Crippen LogP contribution in [-0.4, -0.2) is 9.97 Å². The highest BCUT2D eigenvalue weighted by Crippen LogP contribution is 2.35. The van der Waals surface area contributed by atoms with Gasteiger partial charge in [-0.3, -0.25) is 4.79 Å². The van der Waals surface area contributed by atoms with E-state index in [-0.39, 0.29) is 5.56 Å². The number of thiophene rings is 1. The smallest absolute Gasteiger partial charge is 0.260 e. The van der Waals surface area contributed by atoms with Gasteiger partial charge >= 0.3 is 0 Å². The highest BCUT2D eigenvalue weighted by molar-refractivity contribution is 9.10. The van der Waals surface area contributed by atoms with Crippen molar-refractivity contribution in [3.63, 3.8) is 0 Å². The van der Waals surface area contributed by atoms with E-state index in [0.717, 1.165) is 37.6 Å². The van der Waals surface area contributed by atoms with Crippen LogP contribution in [0.4, 0.5) is 0 Å². The molecule has 0 aliphatic carbocycles. The lowest BCUT2D eigenvalue weighted by Crippen LogP contribution is -2.10. The number of aryl methyl sites for hydroxylation is 2. The lowest BCUT2D eigenvalue weighted by molar-refractivity contribution is 0.948. The van der Waals surface area contributed by atoms with Gasteiger partial charge in [0.1, 0.15) is 10.7 Å². The van der Waals surface area contributed by atoms with Crippen molar-refractivity contribution >= 4 is 37.5 Å². The minimum Gasteiger partial charge on any atom is -0.310 e. The Balaban J connectivity index is 2.33. The molecule has 5 heteroatoms. The molecule has 0 saturated carbocycles. The minimum atomic E-state index is -0.0471. The number of halogens is 1. The molecule has 0 spiro atoms. The van der Waals surface area contributed by atoms with Crippen LogP contribution in [0, 0.1) is 6.92 Å². The first-order valence-electron chi connectivity index (χ1n) is 6.38. The summed E-state index contributed by atoms with van der Waals surface area (Å²) in [4.78, 5) is 21.7. The monoisotopic (exact) mass is 348 g/mol. The lowest BCUT2D eigenvalue weighted by atomic mass is 10.0. The molecule has 0 fully saturated rings. The second-order valence-corrected chi connectivity index (χ2v) is 6.71. The van der Waals surface area contributed by atoms with Crippen molar-refractivity contribution in [2.24, 2.45) is 0 Å². The Bertz CT molecular complexity index is 833. The SMILES string of the molecule is CCc1nc2sc(C)c(-c3ccc(Br)cc3)c2c(=O)[nH]1. The summed E-state index contributed by atoms with van der Waals surface area (Å²) >= 11 is 5.01. The molecule has 0 unspecified atom stereocenters. The summed E-state index contributed by atoms with van der Waals surface area (Å²) in [6.45, 7) is 4.02. The molecule has 1 N–H and O–H groups in total. The topological polar surface area (TPSA) is 45.8 Å². The Hall–Kier alpha value is -1.46. The third-order valence-electron chi connectivity index (χ3n) is 3.25. The molecule has 0 aliphatic rings. The zero-order valence-electron chi connectivity index (χ0n) is 11.2. The number of nitrogens with zero attached hydrogens (tertiary/aromatic N) is 1. The van der Waals surface area contributed by atoms with Gasteiger partial charge in [0.2, 0.25) is 0 Å². The van der Waals surface area contributed by atoms with Gasteiger partial charge in [0, 0.05) is 21.3 Å². The van der Waals surface area contributed by atoms with E-state index in [1.807, 2.05) is 38.1 Å². The molecule has 0 saturated heterocycles. The van der Waals surface area contributed by atoms with Gasteiger partial charge in [0.25, 0.3) is 5.56 Å². The first-order chi connectivity index (χ1) is 9.60. The highest BCUT2D eigenvalue weighted by atomic mass is 79.9. The average Bonchev–Trinajstić information content (AvgIpc) is 2.76. The zero-order chi connectivity index (χ0) is 14.3. The van der Waals surface area contributed by atoms with Gasteiger partial charge in [0.15, 0.2) is 0 Å². The molecule has 3 aromatic rings. The van der Waals surface area contributed by atoms with Crippen LogP contribution in [0.2, 0.25) is 0 Å². The molecular weight excluding hydrogens is 336 g/mol. The van der Waals surface area contributed by atoms with Crippen LogP contribution in [0.1, 0.15) is 17.6 Å². The van der Waals surface area contributed by atoms with E-state index in [4.69, 9.17) is 0 Å². The summed E-state index contributed by atoms with van der Waals surface area (Å²) in [7, 11) is 0. The van der Waals surface area contributed by atoms with Gasteiger partial charge in [-0.2, -0.15) is 0 Å². The van der Waals surface area contributed by atoms with Crippen molar-refractivity contribution in [2.45, 2.75) is 20.3 Å². The second-order valence-electron chi connectivity index (χ2n) is 4.59. The second kappa shape index (κ2) is 5.14. The van der Waals surface area contributed by atoms with E-state index < -0.39 is 0 Å². The van der Waals surface area contributed by atoms with Gasteiger partial charge < -0.3 is 4.98 Å². The zero-order valence-corrected chi connectivity index (χ0v) is 13.6. The minimum absolute atomic E-state index is 0.0471. The fourth-order valence-corrected chi connectivity index (χ4v) is 3.62. The molecule has 3 rings (SSSR count). The third kappa shape index (κ3) is 2.21. The molecule has 0 atom stereocenters. The molecule has 2 aromatic heterocycles. The molecule has 0 bridgehead atoms. The molecule has 0 radical (unpaired) electrons. The standard InChI is InChI=1S/C15H13BrN2OS/c1-3-11-17-14(19)13-12(8(2)20-15(13)18-11)9-4-6-10(16)7-5-9/h4-7H,3H2,1-2H3,(H,17,18,19). The molecule has 2 heterocycles. The Morgan fingerprint density at radius 2 is 2.00 bits per heavy atom. The first-order valence-corrected chi connectivity index (χ1v) is 7.99. The molecule has 20 heavy (non-hydrogen) atoms. The van der Waals surface area contributed by atoms with Crippen LogP contribution >= 0.6 is 27.3 Å². The van der Waals surface area contributed by atoms with E-state index in [2.05, 4.69) is 25.9 Å². The van der Waals surface area contributed by atoms with E-state index >= 15 is 0 Å². The summed E-state index contributed by atoms with van der Waals surface area (Å²) in [5.41, 5.74) is 2.00. The molecule has 102 valence electrons. The maximum atomic E-state index is 12.3. The summed E-state index contributed by atoms with van der Waals surface area (Å²) in [6, 6.07) is 8.01. The van der Waals surface area contributed by atoms with E-state index in [1.54, 1.807) is 11.3 Å². The Kier molecular flexibility index (Phi) is 3.48. The maximum absolute atomic E-state index is 12.3. The molecule has 3 nitrogen and oxygen atoms in total. The van der Waals surface area contributed by atoms with Gasteiger partial charge in [-0.15, -0.1) is 11.3 Å². The molecule has 0 aliphatic heterocycles. The fraction of sp³-hybridized carbons (Fsp3) is 0.200. The number of rotatable bonds is 2. The van der Waals surface area contributed by atoms with Crippen molar-refractivity contribution < 1.29 is 0 Å². The number of aromatic amines is 1. The normalized spacial score (nSPS) is 11.2. The van der Waals surface area contributed by atoms with Gasteiger partial charge in [0.05, 0.1) is 5.39 Å². The van der Waals surface area contributed by atoms with E-state index in [9.17, 15) is 4.79 Å². The van der Waals surface area contributed by atoms with E-state index in [0.29, 0.717) is 5.39 Å². The fourth-order valence-electron chi connectivity index (χ4n) is 2.30. The van der Waals surface area contributed by atoms with Crippen molar-refractivity contribution in [1.29, 1.82) is 0 Å². The summed E-state index contributed by atoms with van der Waals surface area (Å²) in [5.74, 6) is 0.742. The van der Waals surface area contributed by atoms with Crippen LogP contribution in [0.15, 0.2) is 33.5 Å². The number of nitrogens with one attached hydrogen (secondary N) is 1. The van der Waals surface area contributed by atoms with Crippen molar-refractivity contribution in [3.05, 3.63) is 49.8 Å². The summed E-state index contributed by atoms with van der Waals surface area (Å²) in [6.07, 6.45) is 0.732. The van der Waals surface area contributed by atoms with Crippen LogP contribution in [0.25, 0.3) is 21.3 Å². The quantitative estimate of drug-likeness (QED) is 0.750. The number of H-pyrrole nitrogens is 1. The highest BCUT2D eigenvalue weighted by Gasteiger charge is 2.16. The number of fused-ring (bicyclic) bond motifs is 1. The van der Waals surface area contributed by atoms with Crippen LogP contribution in [0.5, 0.6) is 0 Å². The summed E-state index contributed by atoms with van der Waals surface area (Å²) < 4.78 is 1.03. The number of hydrogen-bond donors (Lipinski definition) is 1. The Morgan fingerprint density at radius 1 is 1.30 bits per heavy atom. The predicted octanol–water partition coefficient (Wildman–Crippen LogP) is 4.28. The number of aromatic nitrogens is 2. The average molecular weight is 349 g/mol. The largest absolute Gasteiger partial charge is 0.310 e. The summed E-state index contributed by atoms with van der Waals surface area (Å²) in [5, 5.41) is 0.701. The van der Waals surface area contributed by atoms with Crippen molar-refractivity contribution in [1.82, 2.24) is 9.97 Å². The molecule has 1 aromatic carbocycles. The van der Waals surface area contributed by atoms with Crippen molar-refractivity contribution in [3.8, 4) is 11.1 Å². The van der Waals surface area contributed by atoms with E-state index in [1.165, 1.54) is 0 Å². The van der Waals surface area contributed by atoms with Gasteiger partial charge in [-0.1, -0.05) is 35.0 Å². The Labute approximate surface area is 128 Å². The number of benzene rings is 1. The van der Waals surface area contributed by atoms with Gasteiger partial charge in [-0.05, 0) is 24.6 Å². The van der Waals surface area contributed by atoms with Crippen LogP contribution < -0.4 is 5.56 Å². The van der Waals surface area contributed by atoms with Crippen LogP contribution in [0.3, 0.4) is 0 Å². The Morgan fingerprint density at radius 3 is 2.65 bits per heavy atom. The lowest BCUT2D eigenvalue weighted by Gasteiger charge is -2.02. The molecule has 0 amide bonds.